The minimum Gasteiger partial charge on any atom is -0.228 e. The second-order valence-electron chi connectivity index (χ2n) is 2.28. The van der Waals surface area contributed by atoms with E-state index in [1.165, 1.54) is 0 Å². The van der Waals surface area contributed by atoms with Crippen LogP contribution in [0.1, 0.15) is 0 Å². The summed E-state index contributed by atoms with van der Waals surface area (Å²) in [5, 5.41) is 0. The van der Waals surface area contributed by atoms with Crippen LogP contribution in [-0.2, 0) is 73.1 Å². The van der Waals surface area contributed by atoms with Gasteiger partial charge in [-0.15, -0.1) is 0 Å². The molecule has 0 aromatic heterocycles. The molecule has 4 aliphatic heterocycles. The maximum Gasteiger partial charge on any atom is 0.349 e. The predicted molar refractivity (Wildman–Crippen MR) is 63.7 cm³/mol. The molecular weight excluding hydrogens is 348 g/mol. The molecule has 4 bridgehead atoms. The third-order valence-corrected chi connectivity index (χ3v) is 18.0. The van der Waals surface area contributed by atoms with Crippen molar-refractivity contribution in [3.8, 4) is 0 Å². The lowest BCUT2D eigenvalue weighted by Gasteiger charge is -2.49. The van der Waals surface area contributed by atoms with Crippen LogP contribution in [0.4, 0.5) is 0 Å². The van der Waals surface area contributed by atoms with Crippen molar-refractivity contribution < 1.29 is 25.9 Å². The molecule has 4 heterocycles. The molecule has 14 heteroatoms. The van der Waals surface area contributed by atoms with Crippen molar-refractivity contribution in [3.05, 3.63) is 0 Å². The van der Waals surface area contributed by atoms with Crippen LogP contribution >= 0.6 is 26.9 Å². The van der Waals surface area contributed by atoms with E-state index in [0.29, 0.717) is 0 Å². The van der Waals surface area contributed by atoms with Gasteiger partial charge in [0.15, 0.2) is 0 Å². The molecule has 4 aliphatic rings. The van der Waals surface area contributed by atoms with Crippen LogP contribution in [0.2, 0.25) is 0 Å². The van der Waals surface area contributed by atoms with Crippen molar-refractivity contribution in [2.45, 2.75) is 0 Å². The van der Waals surface area contributed by atoms with Crippen molar-refractivity contribution in [1.82, 2.24) is 0 Å². The molecule has 0 unspecified atom stereocenters. The van der Waals surface area contributed by atoms with E-state index >= 15 is 0 Å². The van der Waals surface area contributed by atoms with Gasteiger partial charge in [-0.05, 0) is 47.2 Å². The Bertz CT molecular complexity index is 353. The number of rotatable bonds is 0. The first-order valence-corrected chi connectivity index (χ1v) is 13.1. The molecule has 0 spiro atoms. The summed E-state index contributed by atoms with van der Waals surface area (Å²) >= 11 is 20.0. The first-order chi connectivity index (χ1) is 6.24. The van der Waals surface area contributed by atoms with Crippen molar-refractivity contribution in [1.29, 1.82) is 0 Å². The van der Waals surface area contributed by atoms with E-state index in [-0.39, 0.29) is 0 Å². The molecule has 0 amide bonds. The van der Waals surface area contributed by atoms with Gasteiger partial charge < -0.3 is 0 Å². The lowest BCUT2D eigenvalue weighted by atomic mass is 15.6. The average Bonchev–Trinajstić information content (AvgIpc) is 1.67. The predicted octanol–water partition coefficient (Wildman–Crippen LogP) is 3.02. The summed E-state index contributed by atoms with van der Waals surface area (Å²) in [5.74, 6) is 0. The molecule has 80 valence electrons. The Morgan fingerprint density at radius 3 is 0.714 bits per heavy atom. The SMILES string of the molecule is S=P12OP3(=S)OP(=S)(O1)OP(=S)(O2)O3. The summed E-state index contributed by atoms with van der Waals surface area (Å²) < 4.78 is 30.8. The molecule has 4 fully saturated rings. The van der Waals surface area contributed by atoms with Crippen LogP contribution in [0, 0.1) is 0 Å². The van der Waals surface area contributed by atoms with E-state index in [1.54, 1.807) is 0 Å². The molecule has 0 aromatic carbocycles. The largest absolute Gasteiger partial charge is 0.349 e. The molecule has 0 radical (unpaired) electrons. The smallest absolute Gasteiger partial charge is 0.228 e. The molecule has 0 saturated carbocycles. The molecule has 14 heavy (non-hydrogen) atoms. The van der Waals surface area contributed by atoms with Gasteiger partial charge in [0.05, 0.1) is 0 Å². The Morgan fingerprint density at radius 2 is 0.571 bits per heavy atom. The standard InChI is InChI=1S/O6P4S4/c11-7-1-8(12)4-9(13,2-7)6-10(14,3-7)5-8. The van der Waals surface area contributed by atoms with Crippen molar-refractivity contribution in [3.63, 3.8) is 0 Å². The lowest BCUT2D eigenvalue weighted by molar-refractivity contribution is 0.188. The molecule has 0 atom stereocenters. The van der Waals surface area contributed by atoms with Gasteiger partial charge >= 0.3 is 26.9 Å². The summed E-state index contributed by atoms with van der Waals surface area (Å²) in [7, 11) is 0. The number of hydrogen-bond acceptors (Lipinski definition) is 10. The molecule has 0 aliphatic carbocycles. The molecule has 4 saturated heterocycles. The summed E-state index contributed by atoms with van der Waals surface area (Å²) in [6.45, 7) is -11.9. The van der Waals surface area contributed by atoms with E-state index in [1.807, 2.05) is 0 Å². The van der Waals surface area contributed by atoms with Crippen LogP contribution in [0.15, 0.2) is 0 Å². The summed E-state index contributed by atoms with van der Waals surface area (Å²) in [4.78, 5) is 0. The summed E-state index contributed by atoms with van der Waals surface area (Å²) in [5.41, 5.74) is 0. The first-order valence-electron chi connectivity index (χ1n) is 2.92. The Morgan fingerprint density at radius 1 is 0.429 bits per heavy atom. The Labute approximate surface area is 99.6 Å². The quantitative estimate of drug-likeness (QED) is 0.611. The van der Waals surface area contributed by atoms with Gasteiger partial charge in [0.1, 0.15) is 0 Å². The maximum atomic E-state index is 5.13. The van der Waals surface area contributed by atoms with Crippen LogP contribution in [-0.4, -0.2) is 0 Å². The average molecular weight is 348 g/mol. The fraction of sp³-hybridized carbons (Fsp3) is 0. The van der Waals surface area contributed by atoms with Crippen molar-refractivity contribution in [2.75, 3.05) is 0 Å². The third-order valence-electron chi connectivity index (χ3n) is 1.20. The minimum absolute atomic E-state index is 2.97. The second kappa shape index (κ2) is 3.02. The summed E-state index contributed by atoms with van der Waals surface area (Å²) in [6.07, 6.45) is 0. The van der Waals surface area contributed by atoms with Crippen LogP contribution in [0.5, 0.6) is 0 Å². The van der Waals surface area contributed by atoms with Gasteiger partial charge in [0, 0.05) is 0 Å². The fourth-order valence-electron chi connectivity index (χ4n) is 0.914. The van der Waals surface area contributed by atoms with Gasteiger partial charge in [-0.2, -0.15) is 0 Å². The van der Waals surface area contributed by atoms with Gasteiger partial charge in [-0.3, -0.25) is 0 Å². The first kappa shape index (κ1) is 11.5. The highest BCUT2D eigenvalue weighted by Gasteiger charge is 2.64. The van der Waals surface area contributed by atoms with Gasteiger partial charge in [-0.25, -0.2) is 25.9 Å². The van der Waals surface area contributed by atoms with E-state index in [2.05, 4.69) is 0 Å². The molecule has 4 rings (SSSR count). The van der Waals surface area contributed by atoms with Crippen molar-refractivity contribution in [2.24, 2.45) is 0 Å². The maximum absolute atomic E-state index is 5.13. The fourth-order valence-corrected chi connectivity index (χ4v) is 23.2. The van der Waals surface area contributed by atoms with E-state index in [9.17, 15) is 0 Å². The molecular formula is O6P4S4. The Hall–Kier alpha value is 2.36. The molecule has 6 nitrogen and oxygen atoms in total. The zero-order chi connectivity index (χ0) is 10.2. The normalized spacial score (nSPS) is 65.7. The monoisotopic (exact) mass is 348 g/mol. The van der Waals surface area contributed by atoms with Crippen LogP contribution in [0.25, 0.3) is 0 Å². The van der Waals surface area contributed by atoms with Crippen molar-refractivity contribution >= 4 is 74.1 Å². The summed E-state index contributed by atoms with van der Waals surface area (Å²) in [6, 6.07) is 0. The topological polar surface area (TPSA) is 55.4 Å². The number of hydrogen-bond donors (Lipinski definition) is 0. The minimum atomic E-state index is -2.97. The highest BCUT2D eigenvalue weighted by Crippen LogP contribution is 3.00. The van der Waals surface area contributed by atoms with Gasteiger partial charge in [0.2, 0.25) is 0 Å². The second-order valence-corrected chi connectivity index (χ2v) is 15.1. The third kappa shape index (κ3) is 1.74. The van der Waals surface area contributed by atoms with E-state index in [0.717, 1.165) is 0 Å². The van der Waals surface area contributed by atoms with Crippen LogP contribution in [0.3, 0.4) is 0 Å². The highest BCUT2D eigenvalue weighted by molar-refractivity contribution is 8.30. The van der Waals surface area contributed by atoms with E-state index in [4.69, 9.17) is 73.1 Å². The van der Waals surface area contributed by atoms with Crippen LogP contribution < -0.4 is 0 Å². The lowest BCUT2D eigenvalue weighted by Crippen LogP contribution is -2.19. The Balaban J connectivity index is 2.27. The highest BCUT2D eigenvalue weighted by atomic mass is 32.5. The molecule has 0 N–H and O–H groups in total. The zero-order valence-corrected chi connectivity index (χ0v) is 12.7. The zero-order valence-electron chi connectivity index (χ0n) is 5.87. The molecule has 0 aromatic rings. The van der Waals surface area contributed by atoms with Gasteiger partial charge in [0.25, 0.3) is 0 Å². The van der Waals surface area contributed by atoms with E-state index < -0.39 is 26.9 Å². The Kier molecular flexibility index (Phi) is 2.47. The van der Waals surface area contributed by atoms with Gasteiger partial charge in [-0.1, -0.05) is 0 Å².